The Bertz CT molecular complexity index is 1700. The Hall–Kier alpha value is -4.15. The molecular formula is C27H22Cl2N6O4. The predicted octanol–water partition coefficient (Wildman–Crippen LogP) is 4.85. The molecule has 2 aliphatic rings. The van der Waals surface area contributed by atoms with Gasteiger partial charge in [0.1, 0.15) is 5.82 Å². The van der Waals surface area contributed by atoms with Crippen molar-refractivity contribution in [3.8, 4) is 23.3 Å². The zero-order chi connectivity index (χ0) is 27.6. The minimum absolute atomic E-state index is 0.119. The first-order valence-corrected chi connectivity index (χ1v) is 12.8. The monoisotopic (exact) mass is 564 g/mol. The second kappa shape index (κ2) is 8.96. The summed E-state index contributed by atoms with van der Waals surface area (Å²) in [6.45, 7) is 4.14. The summed E-state index contributed by atoms with van der Waals surface area (Å²) in [4.78, 5) is 43.3. The number of fused-ring (bicyclic) bond motifs is 4. The van der Waals surface area contributed by atoms with Crippen molar-refractivity contribution >= 4 is 46.4 Å². The fourth-order valence-electron chi connectivity index (χ4n) is 5.45. The lowest BCUT2D eigenvalue weighted by atomic mass is 9.87. The number of rotatable bonds is 5. The molecule has 2 aliphatic heterocycles. The lowest BCUT2D eigenvalue weighted by Crippen LogP contribution is -2.51. The van der Waals surface area contributed by atoms with Gasteiger partial charge in [-0.3, -0.25) is 14.5 Å². The van der Waals surface area contributed by atoms with E-state index in [1.54, 1.807) is 30.3 Å². The highest BCUT2D eigenvalue weighted by molar-refractivity contribution is 6.32. The van der Waals surface area contributed by atoms with E-state index in [9.17, 15) is 9.59 Å². The second-order valence-electron chi connectivity index (χ2n) is 9.08. The van der Waals surface area contributed by atoms with E-state index >= 15 is 0 Å². The Morgan fingerprint density at radius 2 is 1.77 bits per heavy atom. The Balaban J connectivity index is 1.70. The maximum absolute atomic E-state index is 14.3. The number of aromatic nitrogens is 4. The summed E-state index contributed by atoms with van der Waals surface area (Å²) in [5.74, 6) is -0.264. The highest BCUT2D eigenvalue weighted by Gasteiger charge is 2.64. The zero-order valence-corrected chi connectivity index (χ0v) is 22.9. The molecule has 0 bridgehead atoms. The van der Waals surface area contributed by atoms with Gasteiger partial charge in [-0.25, -0.2) is 9.97 Å². The molecule has 2 aromatic heterocycles. The van der Waals surface area contributed by atoms with Crippen molar-refractivity contribution in [1.82, 2.24) is 19.5 Å². The van der Waals surface area contributed by atoms with Crippen LogP contribution in [-0.4, -0.2) is 45.6 Å². The number of methoxy groups -OCH3 is 2. The molecule has 0 radical (unpaired) electrons. The number of carbonyl (C=O) groups excluding carboxylic acids is 2. The summed E-state index contributed by atoms with van der Waals surface area (Å²) in [5.41, 5.74) is 1.75. The molecule has 2 aromatic carbocycles. The average molecular weight is 565 g/mol. The molecule has 0 fully saturated rings. The molecule has 0 saturated carbocycles. The van der Waals surface area contributed by atoms with Gasteiger partial charge < -0.3 is 19.4 Å². The van der Waals surface area contributed by atoms with Gasteiger partial charge in [0.2, 0.25) is 5.88 Å². The van der Waals surface area contributed by atoms with E-state index in [4.69, 9.17) is 37.7 Å². The molecule has 2 amide bonds. The third-order valence-corrected chi connectivity index (χ3v) is 7.55. The highest BCUT2D eigenvalue weighted by Crippen LogP contribution is 2.54. The molecule has 1 unspecified atom stereocenters. The maximum atomic E-state index is 14.3. The quantitative estimate of drug-likeness (QED) is 0.368. The van der Waals surface area contributed by atoms with Gasteiger partial charge in [-0.2, -0.15) is 4.98 Å². The molecule has 4 aromatic rings. The number of benzene rings is 2. The van der Waals surface area contributed by atoms with Crippen LogP contribution in [0.1, 0.15) is 34.2 Å². The summed E-state index contributed by atoms with van der Waals surface area (Å²) in [6, 6.07) is 10.5. The first-order valence-electron chi connectivity index (χ1n) is 12.0. The number of halogens is 2. The summed E-state index contributed by atoms with van der Waals surface area (Å²) in [6.07, 6.45) is 1.52. The molecule has 39 heavy (non-hydrogen) atoms. The van der Waals surface area contributed by atoms with Crippen molar-refractivity contribution in [1.29, 1.82) is 0 Å². The van der Waals surface area contributed by atoms with E-state index in [0.29, 0.717) is 50.6 Å². The Labute approximate surface area is 233 Å². The van der Waals surface area contributed by atoms with Crippen molar-refractivity contribution in [2.45, 2.75) is 25.9 Å². The first-order chi connectivity index (χ1) is 18.8. The lowest BCUT2D eigenvalue weighted by Gasteiger charge is -2.35. The molecular weight excluding hydrogens is 543 g/mol. The minimum Gasteiger partial charge on any atom is -0.480 e. The van der Waals surface area contributed by atoms with Crippen molar-refractivity contribution in [2.75, 3.05) is 24.4 Å². The second-order valence-corrected chi connectivity index (χ2v) is 9.96. The number of nitrogens with zero attached hydrogens (tertiary/aromatic N) is 5. The fraction of sp³-hybridized carbons (Fsp3) is 0.222. The minimum atomic E-state index is -1.58. The molecule has 1 N–H and O–H groups in total. The molecule has 4 heterocycles. The molecule has 6 rings (SSSR count). The van der Waals surface area contributed by atoms with E-state index in [1.807, 2.05) is 24.5 Å². The summed E-state index contributed by atoms with van der Waals surface area (Å²) in [7, 11) is 2.92. The normalized spacial score (nSPS) is 17.4. The van der Waals surface area contributed by atoms with Gasteiger partial charge in [0.15, 0.2) is 11.2 Å². The van der Waals surface area contributed by atoms with E-state index in [2.05, 4.69) is 15.3 Å². The zero-order valence-electron chi connectivity index (χ0n) is 21.4. The Morgan fingerprint density at radius 1 is 1.03 bits per heavy atom. The van der Waals surface area contributed by atoms with E-state index < -0.39 is 17.4 Å². The first kappa shape index (κ1) is 25.1. The fourth-order valence-corrected chi connectivity index (χ4v) is 5.78. The standard InChI is InChI=1S/C27H22Cl2N6O4/c1-5-34-21-20(32-22(34)16-12-30-26(39-4)33-23(16)38-3)24(36)35(19-11-15(29)7-6-13(19)2)27(21)17-9-8-14(28)10-18(17)31-25(27)37/h6-12H,5H2,1-4H3,(H,31,37). The van der Waals surface area contributed by atoms with Crippen LogP contribution in [0.4, 0.5) is 11.4 Å². The number of hydrogen-bond acceptors (Lipinski definition) is 7. The SMILES string of the molecule is CCn1c(-c2cnc(OC)nc2OC)nc2c1C1(C(=O)Nc3cc(Cl)ccc31)N(c1cc(Cl)ccc1C)C2=O. The summed E-state index contributed by atoms with van der Waals surface area (Å²) in [5, 5.41) is 3.82. The van der Waals surface area contributed by atoms with Crippen LogP contribution in [0.3, 0.4) is 0 Å². The van der Waals surface area contributed by atoms with Crippen molar-refractivity contribution in [2.24, 2.45) is 0 Å². The Morgan fingerprint density at radius 3 is 2.49 bits per heavy atom. The van der Waals surface area contributed by atoms with Gasteiger partial charge in [-0.15, -0.1) is 0 Å². The van der Waals surface area contributed by atoms with Crippen LogP contribution in [0, 0.1) is 6.92 Å². The molecule has 0 saturated heterocycles. The molecule has 12 heteroatoms. The number of carbonyl (C=O) groups is 2. The molecule has 10 nitrogen and oxygen atoms in total. The van der Waals surface area contributed by atoms with Crippen LogP contribution < -0.4 is 19.7 Å². The number of imidazole rings is 1. The summed E-state index contributed by atoms with van der Waals surface area (Å²) < 4.78 is 12.5. The number of aryl methyl sites for hydroxylation is 1. The van der Waals surface area contributed by atoms with Gasteiger partial charge >= 0.3 is 6.01 Å². The molecule has 198 valence electrons. The van der Waals surface area contributed by atoms with Gasteiger partial charge in [0.05, 0.1) is 31.2 Å². The van der Waals surface area contributed by atoms with Gasteiger partial charge in [-0.1, -0.05) is 35.3 Å². The number of amides is 2. The maximum Gasteiger partial charge on any atom is 0.319 e. The van der Waals surface area contributed by atoms with Gasteiger partial charge in [0.25, 0.3) is 11.8 Å². The van der Waals surface area contributed by atoms with Crippen molar-refractivity contribution in [3.63, 3.8) is 0 Å². The number of anilines is 2. The average Bonchev–Trinajstić information content (AvgIpc) is 3.53. The third kappa shape index (κ3) is 3.38. The molecule has 0 aliphatic carbocycles. The summed E-state index contributed by atoms with van der Waals surface area (Å²) >= 11 is 12.7. The van der Waals surface area contributed by atoms with Crippen LogP contribution in [0.2, 0.25) is 10.0 Å². The topological polar surface area (TPSA) is 111 Å². The van der Waals surface area contributed by atoms with Gasteiger partial charge in [-0.05, 0) is 43.7 Å². The smallest absolute Gasteiger partial charge is 0.319 e. The van der Waals surface area contributed by atoms with Crippen LogP contribution >= 0.6 is 23.2 Å². The number of nitrogens with one attached hydrogen (secondary N) is 1. The van der Waals surface area contributed by atoms with Crippen molar-refractivity contribution < 1.29 is 19.1 Å². The van der Waals surface area contributed by atoms with Crippen LogP contribution in [-0.2, 0) is 16.9 Å². The van der Waals surface area contributed by atoms with Crippen LogP contribution in [0.25, 0.3) is 11.4 Å². The largest absolute Gasteiger partial charge is 0.480 e. The molecule has 1 spiro atoms. The van der Waals surface area contributed by atoms with E-state index in [1.165, 1.54) is 25.3 Å². The highest BCUT2D eigenvalue weighted by atomic mass is 35.5. The van der Waals surface area contributed by atoms with E-state index in [-0.39, 0.29) is 17.6 Å². The van der Waals surface area contributed by atoms with Crippen LogP contribution in [0.15, 0.2) is 42.6 Å². The predicted molar refractivity (Wildman–Crippen MR) is 146 cm³/mol. The van der Waals surface area contributed by atoms with Gasteiger partial charge in [0, 0.05) is 34.0 Å². The molecule has 1 atom stereocenters. The third-order valence-electron chi connectivity index (χ3n) is 7.08. The van der Waals surface area contributed by atoms with Crippen molar-refractivity contribution in [3.05, 3.63) is 75.2 Å². The van der Waals surface area contributed by atoms with Crippen LogP contribution in [0.5, 0.6) is 11.9 Å². The Kier molecular flexibility index (Phi) is 5.78. The number of ether oxygens (including phenoxy) is 2. The number of hydrogen-bond donors (Lipinski definition) is 1. The lowest BCUT2D eigenvalue weighted by molar-refractivity contribution is -0.119. The van der Waals surface area contributed by atoms with E-state index in [0.717, 1.165) is 5.56 Å².